The van der Waals surface area contributed by atoms with Gasteiger partial charge in [-0.15, -0.1) is 10.2 Å². The van der Waals surface area contributed by atoms with Crippen molar-refractivity contribution in [3.8, 4) is 0 Å². The van der Waals surface area contributed by atoms with Gasteiger partial charge in [0.1, 0.15) is 23.1 Å². The molecule has 0 spiro atoms. The number of hydrogen-bond donors (Lipinski definition) is 1. The maximum absolute atomic E-state index is 5.99. The van der Waals surface area contributed by atoms with Crippen molar-refractivity contribution in [3.63, 3.8) is 0 Å². The molecule has 0 saturated heterocycles. The fourth-order valence-corrected chi connectivity index (χ4v) is 4.45. The van der Waals surface area contributed by atoms with E-state index in [-0.39, 0.29) is 0 Å². The molecular weight excluding hydrogens is 328 g/mol. The van der Waals surface area contributed by atoms with E-state index in [1.165, 1.54) is 31.2 Å². The van der Waals surface area contributed by atoms with E-state index in [2.05, 4.69) is 31.9 Å². The van der Waals surface area contributed by atoms with Gasteiger partial charge in [0.2, 0.25) is 0 Å². The highest BCUT2D eigenvalue weighted by atomic mass is 16.5. The maximum Gasteiger partial charge on any atom is 0.147 e. The Hall–Kier alpha value is -1.73. The summed E-state index contributed by atoms with van der Waals surface area (Å²) >= 11 is 0. The summed E-state index contributed by atoms with van der Waals surface area (Å²) < 4.78 is 7.96. The van der Waals surface area contributed by atoms with Crippen LogP contribution >= 0.6 is 0 Å². The second-order valence-corrected chi connectivity index (χ2v) is 8.41. The third-order valence-electron chi connectivity index (χ3n) is 6.11. The van der Waals surface area contributed by atoms with Gasteiger partial charge in [-0.2, -0.15) is 0 Å². The monoisotopic (exact) mass is 356 g/mol. The SMILES string of the molecule is CN(Cc1noc2c1CCCC2)Cc1nnc(C2CC(N)C2)n1C1CC1. The Kier molecular flexibility index (Phi) is 4.09. The standard InChI is InChI=1S/C19H28N6O/c1-24(10-16-15-4-2-3-5-17(15)26-23-16)11-18-21-22-19(12-8-13(20)9-12)25(18)14-6-7-14/h12-14H,2-11,20H2,1H3. The number of rotatable bonds is 6. The number of aromatic nitrogens is 4. The molecule has 2 N–H and O–H groups in total. The Bertz CT molecular complexity index is 786. The second kappa shape index (κ2) is 6.46. The summed E-state index contributed by atoms with van der Waals surface area (Å²) in [6, 6.07) is 0.939. The lowest BCUT2D eigenvalue weighted by atomic mass is 9.80. The molecular formula is C19H28N6O. The Balaban J connectivity index is 1.31. The summed E-state index contributed by atoms with van der Waals surface area (Å²) in [6.45, 7) is 1.60. The highest BCUT2D eigenvalue weighted by molar-refractivity contribution is 5.25. The van der Waals surface area contributed by atoms with Gasteiger partial charge in [-0.3, -0.25) is 4.90 Å². The van der Waals surface area contributed by atoms with Gasteiger partial charge in [-0.25, -0.2) is 0 Å². The van der Waals surface area contributed by atoms with E-state index < -0.39 is 0 Å². The molecule has 0 aliphatic heterocycles. The molecule has 7 nitrogen and oxygen atoms in total. The van der Waals surface area contributed by atoms with Crippen molar-refractivity contribution >= 4 is 0 Å². The molecule has 0 radical (unpaired) electrons. The third kappa shape index (κ3) is 2.97. The van der Waals surface area contributed by atoms with Gasteiger partial charge in [0, 0.05) is 36.5 Å². The predicted molar refractivity (Wildman–Crippen MR) is 96.6 cm³/mol. The molecule has 3 aliphatic carbocycles. The minimum absolute atomic E-state index is 0.341. The van der Waals surface area contributed by atoms with Crippen molar-refractivity contribution in [2.24, 2.45) is 5.73 Å². The first-order chi connectivity index (χ1) is 12.7. The van der Waals surface area contributed by atoms with Gasteiger partial charge >= 0.3 is 0 Å². The topological polar surface area (TPSA) is 86.0 Å². The molecule has 0 aromatic carbocycles. The molecule has 5 rings (SSSR count). The number of fused-ring (bicyclic) bond motifs is 1. The maximum atomic E-state index is 5.99. The second-order valence-electron chi connectivity index (χ2n) is 8.41. The Labute approximate surface area is 153 Å². The minimum Gasteiger partial charge on any atom is -0.361 e. The molecule has 0 atom stereocenters. The first-order valence-electron chi connectivity index (χ1n) is 10.0. The van der Waals surface area contributed by atoms with Crippen LogP contribution in [0.25, 0.3) is 0 Å². The fraction of sp³-hybridized carbons (Fsp3) is 0.737. The lowest BCUT2D eigenvalue weighted by molar-refractivity contribution is 0.286. The van der Waals surface area contributed by atoms with Crippen molar-refractivity contribution in [1.29, 1.82) is 0 Å². The minimum atomic E-state index is 0.341. The van der Waals surface area contributed by atoms with E-state index in [0.717, 1.165) is 61.9 Å². The van der Waals surface area contributed by atoms with Crippen LogP contribution in [0.2, 0.25) is 0 Å². The number of nitrogens with two attached hydrogens (primary N) is 1. The van der Waals surface area contributed by atoms with Crippen molar-refractivity contribution in [2.75, 3.05) is 7.05 Å². The van der Waals surface area contributed by atoms with Crippen molar-refractivity contribution in [2.45, 2.75) is 82.5 Å². The van der Waals surface area contributed by atoms with Crippen LogP contribution in [0.4, 0.5) is 0 Å². The van der Waals surface area contributed by atoms with Gasteiger partial charge < -0.3 is 14.8 Å². The molecule has 0 amide bonds. The largest absolute Gasteiger partial charge is 0.361 e. The Morgan fingerprint density at radius 1 is 1.15 bits per heavy atom. The van der Waals surface area contributed by atoms with Gasteiger partial charge in [-0.1, -0.05) is 5.16 Å². The van der Waals surface area contributed by atoms with E-state index in [0.29, 0.717) is 18.0 Å². The molecule has 2 saturated carbocycles. The molecule has 140 valence electrons. The molecule has 2 aromatic heterocycles. The van der Waals surface area contributed by atoms with Gasteiger partial charge in [0.15, 0.2) is 0 Å². The Morgan fingerprint density at radius 3 is 2.73 bits per heavy atom. The molecule has 2 heterocycles. The predicted octanol–water partition coefficient (Wildman–Crippen LogP) is 2.32. The summed E-state index contributed by atoms with van der Waals surface area (Å²) in [5.41, 5.74) is 8.43. The molecule has 26 heavy (non-hydrogen) atoms. The van der Waals surface area contributed by atoms with E-state index in [1.807, 2.05) is 0 Å². The summed E-state index contributed by atoms with van der Waals surface area (Å²) in [5, 5.41) is 13.4. The van der Waals surface area contributed by atoms with Gasteiger partial charge in [-0.05, 0) is 52.0 Å². The van der Waals surface area contributed by atoms with Crippen LogP contribution in [-0.4, -0.2) is 37.9 Å². The van der Waals surface area contributed by atoms with E-state index in [9.17, 15) is 0 Å². The average molecular weight is 356 g/mol. The first kappa shape index (κ1) is 16.4. The Morgan fingerprint density at radius 2 is 1.96 bits per heavy atom. The van der Waals surface area contributed by atoms with E-state index in [4.69, 9.17) is 10.3 Å². The van der Waals surface area contributed by atoms with Crippen molar-refractivity contribution in [1.82, 2.24) is 24.8 Å². The zero-order chi connectivity index (χ0) is 17.7. The number of nitrogens with zero attached hydrogens (tertiary/aromatic N) is 5. The molecule has 2 fully saturated rings. The quantitative estimate of drug-likeness (QED) is 0.855. The molecule has 3 aliphatic rings. The molecule has 0 unspecified atom stereocenters. The lowest BCUT2D eigenvalue weighted by Gasteiger charge is -2.32. The molecule has 7 heteroatoms. The summed E-state index contributed by atoms with van der Waals surface area (Å²) in [7, 11) is 2.13. The number of aryl methyl sites for hydroxylation is 1. The average Bonchev–Trinajstić information content (AvgIpc) is 3.25. The smallest absolute Gasteiger partial charge is 0.147 e. The van der Waals surface area contributed by atoms with Gasteiger partial charge in [0.05, 0.1) is 6.54 Å². The highest BCUT2D eigenvalue weighted by Gasteiger charge is 2.37. The highest BCUT2D eigenvalue weighted by Crippen LogP contribution is 2.42. The van der Waals surface area contributed by atoms with Crippen LogP contribution in [0, 0.1) is 0 Å². The molecule has 0 bridgehead atoms. The zero-order valence-corrected chi connectivity index (χ0v) is 15.5. The van der Waals surface area contributed by atoms with Crippen LogP contribution in [0.3, 0.4) is 0 Å². The van der Waals surface area contributed by atoms with E-state index >= 15 is 0 Å². The fourth-order valence-electron chi connectivity index (χ4n) is 4.45. The summed E-state index contributed by atoms with van der Waals surface area (Å²) in [4.78, 5) is 2.28. The zero-order valence-electron chi connectivity index (χ0n) is 15.5. The van der Waals surface area contributed by atoms with Crippen LogP contribution < -0.4 is 5.73 Å². The normalized spacial score (nSPS) is 25.3. The van der Waals surface area contributed by atoms with Crippen molar-refractivity contribution < 1.29 is 4.52 Å². The summed E-state index contributed by atoms with van der Waals surface area (Å²) in [6.07, 6.45) is 9.19. The molecule has 2 aromatic rings. The van der Waals surface area contributed by atoms with Crippen LogP contribution in [0.15, 0.2) is 4.52 Å². The van der Waals surface area contributed by atoms with Crippen LogP contribution in [0.1, 0.15) is 79.2 Å². The van der Waals surface area contributed by atoms with Crippen molar-refractivity contribution in [3.05, 3.63) is 28.7 Å². The van der Waals surface area contributed by atoms with Crippen LogP contribution in [0.5, 0.6) is 0 Å². The van der Waals surface area contributed by atoms with E-state index in [1.54, 1.807) is 0 Å². The first-order valence-corrected chi connectivity index (χ1v) is 10.0. The third-order valence-corrected chi connectivity index (χ3v) is 6.11. The van der Waals surface area contributed by atoms with Gasteiger partial charge in [0.25, 0.3) is 0 Å². The lowest BCUT2D eigenvalue weighted by Crippen LogP contribution is -2.36. The van der Waals surface area contributed by atoms with Crippen LogP contribution in [-0.2, 0) is 25.9 Å². The number of hydrogen-bond acceptors (Lipinski definition) is 6. The summed E-state index contributed by atoms with van der Waals surface area (Å²) in [5.74, 6) is 3.85.